The Balaban J connectivity index is 1.60. The van der Waals surface area contributed by atoms with Gasteiger partial charge in [0.1, 0.15) is 10.6 Å². The SMILES string of the molecule is O=C(O)COc1cccc(CNC(=O)c2cnc(-c3ncccn3)s2)c1. The van der Waals surface area contributed by atoms with Gasteiger partial charge in [-0.05, 0) is 23.8 Å². The fourth-order valence-electron chi connectivity index (χ4n) is 2.05. The molecule has 0 aliphatic rings. The molecule has 0 spiro atoms. The van der Waals surface area contributed by atoms with Crippen LogP contribution >= 0.6 is 11.3 Å². The lowest BCUT2D eigenvalue weighted by Gasteiger charge is -2.07. The minimum absolute atomic E-state index is 0.262. The van der Waals surface area contributed by atoms with Crippen LogP contribution < -0.4 is 10.1 Å². The first-order valence-corrected chi connectivity index (χ1v) is 8.38. The molecule has 2 heterocycles. The van der Waals surface area contributed by atoms with Crippen molar-refractivity contribution in [3.8, 4) is 16.6 Å². The highest BCUT2D eigenvalue weighted by Gasteiger charge is 2.13. The highest BCUT2D eigenvalue weighted by molar-refractivity contribution is 7.16. The molecule has 0 aliphatic heterocycles. The van der Waals surface area contributed by atoms with Gasteiger partial charge in [-0.1, -0.05) is 12.1 Å². The number of carboxylic acid groups (broad SMARTS) is 1. The van der Waals surface area contributed by atoms with Crippen LogP contribution in [-0.2, 0) is 11.3 Å². The Morgan fingerprint density at radius 3 is 2.73 bits per heavy atom. The van der Waals surface area contributed by atoms with Crippen LogP contribution in [0.15, 0.2) is 48.9 Å². The van der Waals surface area contributed by atoms with Crippen LogP contribution in [0.3, 0.4) is 0 Å². The Kier molecular flexibility index (Phi) is 5.49. The van der Waals surface area contributed by atoms with Gasteiger partial charge in [-0.3, -0.25) is 4.79 Å². The number of nitrogens with zero attached hydrogens (tertiary/aromatic N) is 3. The van der Waals surface area contributed by atoms with Crippen molar-refractivity contribution in [3.05, 3.63) is 59.4 Å². The van der Waals surface area contributed by atoms with E-state index >= 15 is 0 Å². The Morgan fingerprint density at radius 2 is 1.96 bits per heavy atom. The topological polar surface area (TPSA) is 114 Å². The van der Waals surface area contributed by atoms with Crippen LogP contribution in [-0.4, -0.2) is 38.5 Å². The summed E-state index contributed by atoms with van der Waals surface area (Å²) in [7, 11) is 0. The number of hydrogen-bond acceptors (Lipinski definition) is 7. The summed E-state index contributed by atoms with van der Waals surface area (Å²) < 4.78 is 5.12. The van der Waals surface area contributed by atoms with Gasteiger partial charge < -0.3 is 15.2 Å². The normalized spacial score (nSPS) is 10.3. The minimum Gasteiger partial charge on any atom is -0.482 e. The molecule has 9 heteroatoms. The van der Waals surface area contributed by atoms with Gasteiger partial charge in [0, 0.05) is 18.9 Å². The first-order chi connectivity index (χ1) is 12.6. The summed E-state index contributed by atoms with van der Waals surface area (Å²) in [5.74, 6) is -0.408. The summed E-state index contributed by atoms with van der Waals surface area (Å²) in [6.45, 7) is -0.140. The molecule has 0 atom stereocenters. The van der Waals surface area contributed by atoms with Gasteiger partial charge in [0.05, 0.1) is 6.20 Å². The molecule has 1 aromatic carbocycles. The monoisotopic (exact) mass is 370 g/mol. The molecular weight excluding hydrogens is 356 g/mol. The fraction of sp³-hybridized carbons (Fsp3) is 0.118. The molecule has 3 rings (SSSR count). The molecule has 0 fully saturated rings. The number of ether oxygens (including phenoxy) is 1. The molecule has 2 aromatic heterocycles. The molecule has 26 heavy (non-hydrogen) atoms. The number of aromatic nitrogens is 3. The Labute approximate surface area is 152 Å². The van der Waals surface area contributed by atoms with Gasteiger partial charge in [-0.15, -0.1) is 11.3 Å². The molecule has 8 nitrogen and oxygen atoms in total. The molecule has 0 saturated heterocycles. The highest BCUT2D eigenvalue weighted by Crippen LogP contribution is 2.21. The van der Waals surface area contributed by atoms with Gasteiger partial charge in [-0.2, -0.15) is 0 Å². The standard InChI is InChI=1S/C17H14N4O4S/c22-14(23)10-25-12-4-1-3-11(7-12)8-20-16(24)13-9-21-17(26-13)15-18-5-2-6-19-15/h1-7,9H,8,10H2,(H,20,24)(H,22,23). The predicted octanol–water partition coefficient (Wildman–Crippen LogP) is 1.99. The largest absolute Gasteiger partial charge is 0.482 e. The molecular formula is C17H14N4O4S. The van der Waals surface area contributed by atoms with Crippen molar-refractivity contribution in [2.24, 2.45) is 0 Å². The van der Waals surface area contributed by atoms with Crippen LogP contribution in [0.4, 0.5) is 0 Å². The van der Waals surface area contributed by atoms with Crippen molar-refractivity contribution in [2.45, 2.75) is 6.54 Å². The number of carboxylic acids is 1. The maximum absolute atomic E-state index is 12.3. The molecule has 0 unspecified atom stereocenters. The van der Waals surface area contributed by atoms with Crippen LogP contribution in [0, 0.1) is 0 Å². The van der Waals surface area contributed by atoms with E-state index in [2.05, 4.69) is 20.3 Å². The summed E-state index contributed by atoms with van der Waals surface area (Å²) in [6.07, 6.45) is 4.71. The van der Waals surface area contributed by atoms with Crippen molar-refractivity contribution in [2.75, 3.05) is 6.61 Å². The first-order valence-electron chi connectivity index (χ1n) is 7.57. The third kappa shape index (κ3) is 4.61. The van der Waals surface area contributed by atoms with Crippen LogP contribution in [0.2, 0.25) is 0 Å². The number of nitrogens with one attached hydrogen (secondary N) is 1. The van der Waals surface area contributed by atoms with Crippen molar-refractivity contribution in [1.82, 2.24) is 20.3 Å². The number of thiazole rings is 1. The average molecular weight is 370 g/mol. The van der Waals surface area contributed by atoms with Crippen molar-refractivity contribution < 1.29 is 19.4 Å². The van der Waals surface area contributed by atoms with E-state index in [-0.39, 0.29) is 12.5 Å². The molecule has 0 aliphatic carbocycles. The number of aliphatic carboxylic acids is 1. The summed E-state index contributed by atoms with van der Waals surface area (Å²) in [4.78, 5) is 35.6. The van der Waals surface area contributed by atoms with Gasteiger partial charge >= 0.3 is 5.97 Å². The quantitative estimate of drug-likeness (QED) is 0.653. The van der Waals surface area contributed by atoms with Crippen LogP contribution in [0.25, 0.3) is 10.8 Å². The van der Waals surface area contributed by atoms with Crippen LogP contribution in [0.1, 0.15) is 15.2 Å². The minimum atomic E-state index is -1.05. The third-order valence-electron chi connectivity index (χ3n) is 3.20. The van der Waals surface area contributed by atoms with E-state index in [1.807, 2.05) is 6.07 Å². The molecule has 0 saturated carbocycles. The summed E-state index contributed by atoms with van der Waals surface area (Å²) in [6, 6.07) is 8.59. The van der Waals surface area contributed by atoms with E-state index in [0.717, 1.165) is 5.56 Å². The lowest BCUT2D eigenvalue weighted by Crippen LogP contribution is -2.21. The van der Waals surface area contributed by atoms with Crippen molar-refractivity contribution in [1.29, 1.82) is 0 Å². The van der Waals surface area contributed by atoms with E-state index in [1.165, 1.54) is 17.5 Å². The van der Waals surface area contributed by atoms with Gasteiger partial charge in [0.15, 0.2) is 17.4 Å². The zero-order valence-corrected chi connectivity index (χ0v) is 14.3. The summed E-state index contributed by atoms with van der Waals surface area (Å²) in [5.41, 5.74) is 0.789. The molecule has 0 radical (unpaired) electrons. The second-order valence-electron chi connectivity index (χ2n) is 5.11. The van der Waals surface area contributed by atoms with E-state index in [1.54, 1.807) is 36.7 Å². The van der Waals surface area contributed by atoms with Gasteiger partial charge in [-0.25, -0.2) is 19.7 Å². The van der Waals surface area contributed by atoms with E-state index in [9.17, 15) is 9.59 Å². The zero-order valence-electron chi connectivity index (χ0n) is 13.5. The van der Waals surface area contributed by atoms with Gasteiger partial charge in [0.2, 0.25) is 0 Å². The Bertz CT molecular complexity index is 914. The molecule has 3 aromatic rings. The number of carbonyl (C=O) groups is 2. The number of hydrogen-bond donors (Lipinski definition) is 2. The second-order valence-corrected chi connectivity index (χ2v) is 6.15. The van der Waals surface area contributed by atoms with Crippen LogP contribution in [0.5, 0.6) is 5.75 Å². The highest BCUT2D eigenvalue weighted by atomic mass is 32.1. The average Bonchev–Trinajstić information content (AvgIpc) is 3.16. The molecule has 1 amide bonds. The number of amides is 1. The Morgan fingerprint density at radius 1 is 1.15 bits per heavy atom. The van der Waals surface area contributed by atoms with Crippen molar-refractivity contribution >= 4 is 23.2 Å². The molecule has 0 bridgehead atoms. The summed E-state index contributed by atoms with van der Waals surface area (Å²) >= 11 is 1.21. The van der Waals surface area contributed by atoms with E-state index in [0.29, 0.717) is 21.5 Å². The number of rotatable bonds is 7. The lowest BCUT2D eigenvalue weighted by atomic mass is 10.2. The van der Waals surface area contributed by atoms with E-state index in [4.69, 9.17) is 9.84 Å². The predicted molar refractivity (Wildman–Crippen MR) is 93.9 cm³/mol. The number of benzene rings is 1. The zero-order chi connectivity index (χ0) is 18.4. The molecule has 2 N–H and O–H groups in total. The molecule has 132 valence electrons. The van der Waals surface area contributed by atoms with E-state index < -0.39 is 12.6 Å². The maximum Gasteiger partial charge on any atom is 0.341 e. The van der Waals surface area contributed by atoms with Crippen molar-refractivity contribution in [3.63, 3.8) is 0 Å². The Hall–Kier alpha value is -3.33. The third-order valence-corrected chi connectivity index (χ3v) is 4.19. The van der Waals surface area contributed by atoms with Gasteiger partial charge in [0.25, 0.3) is 5.91 Å². The fourth-order valence-corrected chi connectivity index (χ4v) is 2.83. The lowest BCUT2D eigenvalue weighted by molar-refractivity contribution is -0.139. The second kappa shape index (κ2) is 8.17. The first kappa shape index (κ1) is 17.5. The smallest absolute Gasteiger partial charge is 0.341 e. The maximum atomic E-state index is 12.3. The number of carbonyl (C=O) groups excluding carboxylic acids is 1. The summed E-state index contributed by atoms with van der Waals surface area (Å²) in [5, 5.41) is 12.0.